The summed E-state index contributed by atoms with van der Waals surface area (Å²) in [4.78, 5) is 12.4. The van der Waals surface area contributed by atoms with Crippen molar-refractivity contribution in [3.63, 3.8) is 0 Å². The van der Waals surface area contributed by atoms with Crippen molar-refractivity contribution in [3.8, 4) is 11.5 Å². The zero-order chi connectivity index (χ0) is 18.4. The molecule has 0 radical (unpaired) electrons. The van der Waals surface area contributed by atoms with Gasteiger partial charge in [-0.2, -0.15) is 0 Å². The van der Waals surface area contributed by atoms with E-state index in [4.69, 9.17) is 19.9 Å². The fourth-order valence-electron chi connectivity index (χ4n) is 2.79. The van der Waals surface area contributed by atoms with Crippen LogP contribution in [0.3, 0.4) is 0 Å². The van der Waals surface area contributed by atoms with E-state index >= 15 is 0 Å². The van der Waals surface area contributed by atoms with Gasteiger partial charge in [-0.05, 0) is 43.4 Å². The number of carbonyl (C=O) groups is 1. The second-order valence-corrected chi connectivity index (χ2v) is 6.91. The molecule has 0 spiro atoms. The van der Waals surface area contributed by atoms with Crippen LogP contribution in [0.2, 0.25) is 0 Å². The number of methoxy groups -OCH3 is 1. The Morgan fingerprint density at radius 1 is 1.31 bits per heavy atom. The van der Waals surface area contributed by atoms with Crippen LogP contribution in [0.4, 0.5) is 0 Å². The molecule has 0 bridgehead atoms. The van der Waals surface area contributed by atoms with Gasteiger partial charge in [0.25, 0.3) is 0 Å². The first-order chi connectivity index (χ1) is 11.9. The highest BCUT2D eigenvalue weighted by Gasteiger charge is 2.30. The van der Waals surface area contributed by atoms with Crippen LogP contribution in [0.15, 0.2) is 18.2 Å². The van der Waals surface area contributed by atoms with E-state index in [0.717, 1.165) is 12.0 Å². The Hall–Kier alpha value is -1.50. The van der Waals surface area contributed by atoms with Crippen LogP contribution >= 0.6 is 12.4 Å². The Labute approximate surface area is 162 Å². The molecule has 1 aliphatic rings. The van der Waals surface area contributed by atoms with Crippen LogP contribution < -0.4 is 20.5 Å². The molecule has 1 unspecified atom stereocenters. The van der Waals surface area contributed by atoms with Crippen molar-refractivity contribution < 1.29 is 19.0 Å². The average molecular weight is 387 g/mol. The molecule has 1 aliphatic heterocycles. The van der Waals surface area contributed by atoms with Gasteiger partial charge in [-0.1, -0.05) is 19.9 Å². The summed E-state index contributed by atoms with van der Waals surface area (Å²) >= 11 is 0. The summed E-state index contributed by atoms with van der Waals surface area (Å²) < 4.78 is 16.8. The molecule has 0 aromatic heterocycles. The van der Waals surface area contributed by atoms with Gasteiger partial charge in [-0.25, -0.2) is 0 Å². The molecular formula is C19H31ClN2O4. The molecule has 2 rings (SSSR count). The fourth-order valence-corrected chi connectivity index (χ4v) is 2.79. The minimum absolute atomic E-state index is 0. The molecule has 1 aromatic carbocycles. The molecule has 7 heteroatoms. The molecular weight excluding hydrogens is 356 g/mol. The number of carbonyl (C=O) groups excluding carboxylic acids is 1. The van der Waals surface area contributed by atoms with Gasteiger partial charge in [0.05, 0.1) is 25.9 Å². The van der Waals surface area contributed by atoms with Crippen LogP contribution in [0, 0.1) is 5.92 Å². The summed E-state index contributed by atoms with van der Waals surface area (Å²) in [5, 5.41) is 3.00. The normalized spacial score (nSPS) is 20.4. The van der Waals surface area contributed by atoms with E-state index in [0.29, 0.717) is 37.0 Å². The predicted molar refractivity (Wildman–Crippen MR) is 104 cm³/mol. The number of nitrogens with two attached hydrogens (primary N) is 1. The molecule has 0 aliphatic carbocycles. The largest absolute Gasteiger partial charge is 0.493 e. The summed E-state index contributed by atoms with van der Waals surface area (Å²) in [5.74, 6) is 1.72. The van der Waals surface area contributed by atoms with Gasteiger partial charge in [0.2, 0.25) is 5.91 Å². The lowest BCUT2D eigenvalue weighted by molar-refractivity contribution is -0.132. The van der Waals surface area contributed by atoms with Crippen molar-refractivity contribution in [1.82, 2.24) is 5.32 Å². The average Bonchev–Trinajstić information content (AvgIpc) is 3.08. The first-order valence-electron chi connectivity index (χ1n) is 8.91. The summed E-state index contributed by atoms with van der Waals surface area (Å²) in [6, 6.07) is 5.58. The third kappa shape index (κ3) is 6.04. The maximum Gasteiger partial charge on any atom is 0.249 e. The quantitative estimate of drug-likeness (QED) is 0.717. The Morgan fingerprint density at radius 3 is 2.62 bits per heavy atom. The number of halogens is 1. The van der Waals surface area contributed by atoms with E-state index in [1.807, 2.05) is 25.1 Å². The molecule has 3 atom stereocenters. The lowest BCUT2D eigenvalue weighted by atomic mass is 10.1. The van der Waals surface area contributed by atoms with Crippen molar-refractivity contribution in [2.24, 2.45) is 11.7 Å². The maximum absolute atomic E-state index is 12.4. The van der Waals surface area contributed by atoms with Crippen LogP contribution in [0.5, 0.6) is 11.5 Å². The molecule has 1 heterocycles. The first-order valence-corrected chi connectivity index (χ1v) is 8.91. The third-order valence-corrected chi connectivity index (χ3v) is 4.28. The lowest BCUT2D eigenvalue weighted by Gasteiger charge is -2.19. The summed E-state index contributed by atoms with van der Waals surface area (Å²) in [7, 11) is 1.62. The van der Waals surface area contributed by atoms with Gasteiger partial charge in [0.1, 0.15) is 6.10 Å². The Kier molecular flexibility index (Phi) is 9.19. The molecule has 3 N–H and O–H groups in total. The molecule has 6 nitrogen and oxygen atoms in total. The molecule has 26 heavy (non-hydrogen) atoms. The van der Waals surface area contributed by atoms with E-state index in [2.05, 4.69) is 19.2 Å². The SMILES string of the molecule is COc1cc(C(C)NC(=O)[C@@H]2CC[C@H](CN)O2)ccc1OCC(C)C.Cl. The lowest BCUT2D eigenvalue weighted by Crippen LogP contribution is -2.37. The van der Waals surface area contributed by atoms with Crippen molar-refractivity contribution in [3.05, 3.63) is 23.8 Å². The molecule has 0 saturated carbocycles. The number of nitrogens with one attached hydrogen (secondary N) is 1. The van der Waals surface area contributed by atoms with E-state index in [1.165, 1.54) is 0 Å². The van der Waals surface area contributed by atoms with E-state index < -0.39 is 6.10 Å². The molecule has 1 aromatic rings. The van der Waals surface area contributed by atoms with Crippen molar-refractivity contribution in [2.75, 3.05) is 20.3 Å². The van der Waals surface area contributed by atoms with Gasteiger partial charge in [-0.15, -0.1) is 12.4 Å². The van der Waals surface area contributed by atoms with E-state index in [1.54, 1.807) is 7.11 Å². The van der Waals surface area contributed by atoms with Crippen molar-refractivity contribution in [1.29, 1.82) is 0 Å². The zero-order valence-corrected chi connectivity index (χ0v) is 16.8. The van der Waals surface area contributed by atoms with Crippen LogP contribution in [-0.4, -0.2) is 38.4 Å². The zero-order valence-electron chi connectivity index (χ0n) is 16.0. The number of amides is 1. The highest BCUT2D eigenvalue weighted by molar-refractivity contribution is 5.85. The number of hydrogen-bond acceptors (Lipinski definition) is 5. The predicted octanol–water partition coefficient (Wildman–Crippen LogP) is 2.84. The topological polar surface area (TPSA) is 82.8 Å². The van der Waals surface area contributed by atoms with Crippen LogP contribution in [0.25, 0.3) is 0 Å². The fraction of sp³-hybridized carbons (Fsp3) is 0.632. The van der Waals surface area contributed by atoms with Gasteiger partial charge >= 0.3 is 0 Å². The highest BCUT2D eigenvalue weighted by Crippen LogP contribution is 2.31. The van der Waals surface area contributed by atoms with Gasteiger partial charge in [-0.3, -0.25) is 4.79 Å². The monoisotopic (exact) mass is 386 g/mol. The Morgan fingerprint density at radius 2 is 2.04 bits per heavy atom. The smallest absolute Gasteiger partial charge is 0.249 e. The first kappa shape index (κ1) is 22.5. The summed E-state index contributed by atoms with van der Waals surface area (Å²) in [6.45, 7) is 7.21. The molecule has 1 saturated heterocycles. The van der Waals surface area contributed by atoms with Gasteiger partial charge in [0.15, 0.2) is 11.5 Å². The second-order valence-electron chi connectivity index (χ2n) is 6.91. The van der Waals surface area contributed by atoms with Crippen LogP contribution in [0.1, 0.15) is 45.2 Å². The molecule has 1 amide bonds. The van der Waals surface area contributed by atoms with Gasteiger partial charge < -0.3 is 25.3 Å². The van der Waals surface area contributed by atoms with Crippen molar-refractivity contribution >= 4 is 18.3 Å². The summed E-state index contributed by atoms with van der Waals surface area (Å²) in [5.41, 5.74) is 6.55. The minimum Gasteiger partial charge on any atom is -0.493 e. The maximum atomic E-state index is 12.4. The number of benzene rings is 1. The van der Waals surface area contributed by atoms with Gasteiger partial charge in [0, 0.05) is 6.54 Å². The third-order valence-electron chi connectivity index (χ3n) is 4.28. The minimum atomic E-state index is -0.411. The number of rotatable bonds is 8. The van der Waals surface area contributed by atoms with E-state index in [-0.39, 0.29) is 30.5 Å². The van der Waals surface area contributed by atoms with E-state index in [9.17, 15) is 4.79 Å². The highest BCUT2D eigenvalue weighted by atomic mass is 35.5. The summed E-state index contributed by atoms with van der Waals surface area (Å²) in [6.07, 6.45) is 1.12. The molecule has 1 fully saturated rings. The van der Waals surface area contributed by atoms with Crippen LogP contribution in [-0.2, 0) is 9.53 Å². The Bertz CT molecular complexity index is 583. The number of hydrogen-bond donors (Lipinski definition) is 2. The molecule has 148 valence electrons. The second kappa shape index (κ2) is 10.6. The van der Waals surface area contributed by atoms with Crippen molar-refractivity contribution in [2.45, 2.75) is 51.9 Å². The Balaban J connectivity index is 0.00000338. The number of ether oxygens (including phenoxy) is 3. The standard InChI is InChI=1S/C19H30N2O4.ClH/c1-12(2)11-24-16-7-5-14(9-18(16)23-4)13(3)21-19(22)17-8-6-15(10-20)25-17;/h5,7,9,12-13,15,17H,6,8,10-11,20H2,1-4H3,(H,21,22);1H/t13?,15-,17+;/m1./s1.